The van der Waals surface area contributed by atoms with Crippen molar-refractivity contribution in [1.82, 2.24) is 9.97 Å². The molecule has 0 saturated heterocycles. The Kier molecular flexibility index (Phi) is 3.55. The van der Waals surface area contributed by atoms with E-state index in [1.54, 1.807) is 12.4 Å². The van der Waals surface area contributed by atoms with Gasteiger partial charge in [-0.3, -0.25) is 4.98 Å². The van der Waals surface area contributed by atoms with Gasteiger partial charge in [-0.15, -0.1) is 0 Å². The van der Waals surface area contributed by atoms with Gasteiger partial charge in [0.1, 0.15) is 5.82 Å². The first-order chi connectivity index (χ1) is 8.27. The van der Waals surface area contributed by atoms with Gasteiger partial charge < -0.3 is 11.1 Å². The molecule has 0 aliphatic heterocycles. The maximum absolute atomic E-state index is 5.92. The number of nitrogens with one attached hydrogen (secondary N) is 1. The second-order valence-corrected chi connectivity index (χ2v) is 3.93. The average molecular weight is 228 g/mol. The van der Waals surface area contributed by atoms with Crippen molar-refractivity contribution in [2.45, 2.75) is 13.3 Å². The lowest BCUT2D eigenvalue weighted by molar-refractivity contribution is 0.994. The summed E-state index contributed by atoms with van der Waals surface area (Å²) in [7, 11) is 0. The molecule has 4 nitrogen and oxygen atoms in total. The first-order valence-electron chi connectivity index (χ1n) is 5.61. The van der Waals surface area contributed by atoms with Crippen LogP contribution in [0.1, 0.15) is 11.1 Å². The molecular formula is C13H16N4. The van der Waals surface area contributed by atoms with Crippen molar-refractivity contribution >= 4 is 11.5 Å². The van der Waals surface area contributed by atoms with E-state index in [1.807, 2.05) is 25.3 Å². The number of nitrogen functional groups attached to an aromatic ring is 1. The number of hydrogen-bond donors (Lipinski definition) is 2. The van der Waals surface area contributed by atoms with E-state index in [0.717, 1.165) is 30.0 Å². The zero-order chi connectivity index (χ0) is 12.1. The maximum Gasteiger partial charge on any atom is 0.149 e. The topological polar surface area (TPSA) is 63.8 Å². The predicted octanol–water partition coefficient (Wildman–Crippen LogP) is 2.02. The van der Waals surface area contributed by atoms with E-state index in [9.17, 15) is 0 Å². The molecule has 2 heterocycles. The molecule has 0 aliphatic rings. The average Bonchev–Trinajstić information content (AvgIpc) is 2.36. The molecule has 2 aromatic heterocycles. The summed E-state index contributed by atoms with van der Waals surface area (Å²) in [6.07, 6.45) is 6.31. The van der Waals surface area contributed by atoms with Gasteiger partial charge in [0.05, 0.1) is 5.69 Å². The Morgan fingerprint density at radius 2 is 2.18 bits per heavy atom. The molecule has 0 amide bonds. The standard InChI is InChI=1S/C13H16N4/c1-10-4-7-16-13(12(10)14)17-8-5-11-3-2-6-15-9-11/h2-4,6-7,9H,5,8,14H2,1H3,(H,16,17). The van der Waals surface area contributed by atoms with Crippen LogP contribution in [0.15, 0.2) is 36.8 Å². The number of aromatic nitrogens is 2. The maximum atomic E-state index is 5.92. The molecule has 0 aromatic carbocycles. The van der Waals surface area contributed by atoms with Crippen LogP contribution in [-0.4, -0.2) is 16.5 Å². The molecule has 0 aliphatic carbocycles. The highest BCUT2D eigenvalue weighted by molar-refractivity contribution is 5.64. The lowest BCUT2D eigenvalue weighted by Crippen LogP contribution is -2.09. The van der Waals surface area contributed by atoms with Crippen LogP contribution < -0.4 is 11.1 Å². The minimum absolute atomic E-state index is 0.721. The van der Waals surface area contributed by atoms with Crippen molar-refractivity contribution in [2.75, 3.05) is 17.6 Å². The monoisotopic (exact) mass is 228 g/mol. The number of anilines is 2. The van der Waals surface area contributed by atoms with Crippen LogP contribution in [0.3, 0.4) is 0 Å². The summed E-state index contributed by atoms with van der Waals surface area (Å²) in [5.41, 5.74) is 8.89. The second kappa shape index (κ2) is 5.30. The van der Waals surface area contributed by atoms with E-state index in [-0.39, 0.29) is 0 Å². The van der Waals surface area contributed by atoms with E-state index in [4.69, 9.17) is 5.73 Å². The largest absolute Gasteiger partial charge is 0.396 e. The minimum Gasteiger partial charge on any atom is -0.396 e. The first-order valence-corrected chi connectivity index (χ1v) is 5.61. The van der Waals surface area contributed by atoms with Crippen molar-refractivity contribution in [1.29, 1.82) is 0 Å². The van der Waals surface area contributed by atoms with Crippen molar-refractivity contribution in [3.63, 3.8) is 0 Å². The highest BCUT2D eigenvalue weighted by Crippen LogP contribution is 2.18. The van der Waals surface area contributed by atoms with Gasteiger partial charge in [0.15, 0.2) is 0 Å². The third-order valence-corrected chi connectivity index (χ3v) is 2.64. The summed E-state index contributed by atoms with van der Waals surface area (Å²) in [4.78, 5) is 8.29. The molecule has 17 heavy (non-hydrogen) atoms. The van der Waals surface area contributed by atoms with Crippen LogP contribution in [0.2, 0.25) is 0 Å². The Labute approximate surface area is 101 Å². The Morgan fingerprint density at radius 3 is 2.94 bits per heavy atom. The molecule has 88 valence electrons. The number of nitrogens with two attached hydrogens (primary N) is 1. The summed E-state index contributed by atoms with van der Waals surface area (Å²) in [6.45, 7) is 2.77. The number of rotatable bonds is 4. The fourth-order valence-electron chi connectivity index (χ4n) is 1.58. The highest BCUT2D eigenvalue weighted by Gasteiger charge is 2.01. The zero-order valence-corrected chi connectivity index (χ0v) is 9.85. The molecule has 0 radical (unpaired) electrons. The normalized spacial score (nSPS) is 10.2. The van der Waals surface area contributed by atoms with Crippen molar-refractivity contribution < 1.29 is 0 Å². The molecule has 0 fully saturated rings. The van der Waals surface area contributed by atoms with Crippen molar-refractivity contribution in [3.05, 3.63) is 47.9 Å². The summed E-state index contributed by atoms with van der Waals surface area (Å²) in [5.74, 6) is 0.758. The van der Waals surface area contributed by atoms with Crippen molar-refractivity contribution in [2.24, 2.45) is 0 Å². The van der Waals surface area contributed by atoms with Crippen LogP contribution in [0, 0.1) is 6.92 Å². The molecular weight excluding hydrogens is 212 g/mol. The van der Waals surface area contributed by atoms with Crippen LogP contribution >= 0.6 is 0 Å². The molecule has 2 aromatic rings. The summed E-state index contributed by atoms with van der Waals surface area (Å²) >= 11 is 0. The van der Waals surface area contributed by atoms with Gasteiger partial charge in [-0.2, -0.15) is 0 Å². The number of aryl methyl sites for hydroxylation is 1. The minimum atomic E-state index is 0.721. The van der Waals surface area contributed by atoms with E-state index >= 15 is 0 Å². The quantitative estimate of drug-likeness (QED) is 0.840. The van der Waals surface area contributed by atoms with Crippen LogP contribution in [0.25, 0.3) is 0 Å². The fourth-order valence-corrected chi connectivity index (χ4v) is 1.58. The predicted molar refractivity (Wildman–Crippen MR) is 69.8 cm³/mol. The lowest BCUT2D eigenvalue weighted by atomic mass is 10.2. The van der Waals surface area contributed by atoms with Gasteiger partial charge in [-0.05, 0) is 36.6 Å². The van der Waals surface area contributed by atoms with Gasteiger partial charge in [-0.25, -0.2) is 4.98 Å². The Bertz CT molecular complexity index is 482. The summed E-state index contributed by atoms with van der Waals surface area (Å²) in [5, 5.41) is 3.24. The Balaban J connectivity index is 1.93. The molecule has 0 unspecified atom stereocenters. The van der Waals surface area contributed by atoms with E-state index in [1.165, 1.54) is 5.56 Å². The third-order valence-electron chi connectivity index (χ3n) is 2.64. The number of hydrogen-bond acceptors (Lipinski definition) is 4. The van der Waals surface area contributed by atoms with Gasteiger partial charge >= 0.3 is 0 Å². The summed E-state index contributed by atoms with van der Waals surface area (Å²) < 4.78 is 0. The highest BCUT2D eigenvalue weighted by atomic mass is 15.0. The molecule has 0 saturated carbocycles. The number of nitrogens with zero attached hydrogens (tertiary/aromatic N) is 2. The molecule has 4 heteroatoms. The van der Waals surface area contributed by atoms with Gasteiger partial charge in [0, 0.05) is 25.1 Å². The fraction of sp³-hybridized carbons (Fsp3) is 0.231. The van der Waals surface area contributed by atoms with Crippen LogP contribution in [-0.2, 0) is 6.42 Å². The Hall–Kier alpha value is -2.10. The lowest BCUT2D eigenvalue weighted by Gasteiger charge is -2.09. The van der Waals surface area contributed by atoms with E-state index < -0.39 is 0 Å². The van der Waals surface area contributed by atoms with Crippen LogP contribution in [0.5, 0.6) is 0 Å². The first kappa shape index (κ1) is 11.4. The molecule has 0 bridgehead atoms. The molecule has 0 atom stereocenters. The van der Waals surface area contributed by atoms with Gasteiger partial charge in [-0.1, -0.05) is 6.07 Å². The van der Waals surface area contributed by atoms with E-state index in [2.05, 4.69) is 21.4 Å². The summed E-state index contributed by atoms with van der Waals surface area (Å²) in [6, 6.07) is 5.90. The SMILES string of the molecule is Cc1ccnc(NCCc2cccnc2)c1N. The molecule has 2 rings (SSSR count). The smallest absolute Gasteiger partial charge is 0.149 e. The van der Waals surface area contributed by atoms with Gasteiger partial charge in [0.25, 0.3) is 0 Å². The van der Waals surface area contributed by atoms with Gasteiger partial charge in [0.2, 0.25) is 0 Å². The zero-order valence-electron chi connectivity index (χ0n) is 9.85. The number of pyridine rings is 2. The second-order valence-electron chi connectivity index (χ2n) is 3.93. The molecule has 3 N–H and O–H groups in total. The van der Waals surface area contributed by atoms with E-state index in [0.29, 0.717) is 0 Å². The van der Waals surface area contributed by atoms with Crippen LogP contribution in [0.4, 0.5) is 11.5 Å². The Morgan fingerprint density at radius 1 is 1.29 bits per heavy atom. The van der Waals surface area contributed by atoms with Crippen molar-refractivity contribution in [3.8, 4) is 0 Å². The molecule has 0 spiro atoms. The third kappa shape index (κ3) is 2.93.